The Morgan fingerprint density at radius 3 is 2.52 bits per heavy atom. The number of rotatable bonds is 6. The maximum absolute atomic E-state index is 11.4. The van der Waals surface area contributed by atoms with Gasteiger partial charge in [0.2, 0.25) is 0 Å². The van der Waals surface area contributed by atoms with E-state index < -0.39 is 10.8 Å². The Morgan fingerprint density at radius 1 is 1.19 bits per heavy atom. The molecule has 0 saturated heterocycles. The van der Waals surface area contributed by atoms with Gasteiger partial charge in [0, 0.05) is 28.5 Å². The largest absolute Gasteiger partial charge is 0.490 e. The molecule has 0 spiro atoms. The number of halogens is 1. The maximum Gasteiger partial charge on any atom is 0.160 e. The molecule has 1 unspecified atom stereocenters. The van der Waals surface area contributed by atoms with Crippen LogP contribution in [0.2, 0.25) is 5.02 Å². The zero-order valence-corrected chi connectivity index (χ0v) is 13.6. The van der Waals surface area contributed by atoms with Crippen LogP contribution in [0.15, 0.2) is 47.4 Å². The molecule has 2 aromatic carbocycles. The molecular weight excluding hydrogens is 306 g/mol. The van der Waals surface area contributed by atoms with Crippen LogP contribution >= 0.6 is 11.6 Å². The van der Waals surface area contributed by atoms with E-state index in [-0.39, 0.29) is 0 Å². The molecule has 0 aliphatic heterocycles. The monoisotopic (exact) mass is 323 g/mol. The molecule has 0 aromatic heterocycles. The van der Waals surface area contributed by atoms with Crippen LogP contribution in [0.3, 0.4) is 0 Å². The first-order valence-corrected chi connectivity index (χ1v) is 8.63. The van der Waals surface area contributed by atoms with E-state index in [1.807, 2.05) is 49.4 Å². The van der Waals surface area contributed by atoms with E-state index in [0.717, 1.165) is 16.1 Å². The molecule has 0 radical (unpaired) electrons. The van der Waals surface area contributed by atoms with E-state index in [0.29, 0.717) is 23.9 Å². The van der Waals surface area contributed by atoms with E-state index in [9.17, 15) is 4.21 Å². The molecule has 3 nitrogen and oxygen atoms in total. The van der Waals surface area contributed by atoms with Gasteiger partial charge in [-0.3, -0.25) is 4.21 Å². The minimum atomic E-state index is -0.944. The number of hydrogen-bond donors (Lipinski definition) is 1. The molecule has 0 bridgehead atoms. The Balaban J connectivity index is 2.09. The van der Waals surface area contributed by atoms with Crippen molar-refractivity contribution in [1.82, 2.24) is 0 Å². The third kappa shape index (κ3) is 4.22. The number of ether oxygens (including phenoxy) is 1. The molecular formula is C16H18ClNO2S. The molecule has 112 valence electrons. The molecule has 1 atom stereocenters. The predicted octanol–water partition coefficient (Wildman–Crippen LogP) is 4.09. The predicted molar refractivity (Wildman–Crippen MR) is 88.7 cm³/mol. The molecule has 21 heavy (non-hydrogen) atoms. The van der Waals surface area contributed by atoms with Crippen LogP contribution in [-0.2, 0) is 17.3 Å². The number of nitrogens with one attached hydrogen (secondary N) is 1. The van der Waals surface area contributed by atoms with Crippen LogP contribution < -0.4 is 10.1 Å². The fraction of sp³-hybridized carbons (Fsp3) is 0.250. The average Bonchev–Trinajstić information content (AvgIpc) is 2.48. The standard InChI is InChI=1S/C16H18ClNO2S/c1-3-20-16-14(17)5-4-6-15(16)18-11-12-7-9-13(10-8-12)21(2)19/h4-10,18H,3,11H2,1-2H3. The van der Waals surface area contributed by atoms with E-state index in [2.05, 4.69) is 5.32 Å². The molecule has 0 heterocycles. The van der Waals surface area contributed by atoms with Gasteiger partial charge in [-0.15, -0.1) is 0 Å². The second-order valence-electron chi connectivity index (χ2n) is 4.50. The Kier molecular flexibility index (Phi) is 5.65. The zero-order chi connectivity index (χ0) is 15.2. The molecule has 0 fully saturated rings. The molecule has 5 heteroatoms. The van der Waals surface area contributed by atoms with Gasteiger partial charge in [-0.2, -0.15) is 0 Å². The number of hydrogen-bond acceptors (Lipinski definition) is 3. The van der Waals surface area contributed by atoms with Gasteiger partial charge in [-0.05, 0) is 36.8 Å². The van der Waals surface area contributed by atoms with Crippen molar-refractivity contribution < 1.29 is 8.95 Å². The van der Waals surface area contributed by atoms with Crippen molar-refractivity contribution in [1.29, 1.82) is 0 Å². The lowest BCUT2D eigenvalue weighted by molar-refractivity contribution is 0.342. The summed E-state index contributed by atoms with van der Waals surface area (Å²) in [5.74, 6) is 0.674. The first kappa shape index (κ1) is 15.9. The summed E-state index contributed by atoms with van der Waals surface area (Å²) in [5, 5.41) is 3.91. The summed E-state index contributed by atoms with van der Waals surface area (Å²) < 4.78 is 16.9. The van der Waals surface area contributed by atoms with Gasteiger partial charge < -0.3 is 10.1 Å². The summed E-state index contributed by atoms with van der Waals surface area (Å²) >= 11 is 6.15. The van der Waals surface area contributed by atoms with Gasteiger partial charge in [0.15, 0.2) is 5.75 Å². The van der Waals surface area contributed by atoms with Gasteiger partial charge in [0.1, 0.15) is 0 Å². The van der Waals surface area contributed by atoms with Crippen molar-refractivity contribution >= 4 is 28.1 Å². The third-order valence-corrected chi connectivity index (χ3v) is 4.23. The minimum Gasteiger partial charge on any atom is -0.490 e. The van der Waals surface area contributed by atoms with Gasteiger partial charge in [0.05, 0.1) is 17.3 Å². The fourth-order valence-corrected chi connectivity index (χ4v) is 2.68. The van der Waals surface area contributed by atoms with Crippen molar-refractivity contribution in [2.45, 2.75) is 18.4 Å². The van der Waals surface area contributed by atoms with Crippen molar-refractivity contribution in [2.24, 2.45) is 0 Å². The Labute approximate surface area is 132 Å². The Bertz CT molecular complexity index is 629. The molecule has 1 N–H and O–H groups in total. The normalized spacial score (nSPS) is 12.0. The van der Waals surface area contributed by atoms with Gasteiger partial charge in [-0.25, -0.2) is 0 Å². The summed E-state index contributed by atoms with van der Waals surface area (Å²) in [6, 6.07) is 13.3. The van der Waals surface area contributed by atoms with Crippen LogP contribution in [0, 0.1) is 0 Å². The zero-order valence-electron chi connectivity index (χ0n) is 12.1. The number of para-hydroxylation sites is 1. The second kappa shape index (κ2) is 7.48. The third-order valence-electron chi connectivity index (χ3n) is 2.99. The average molecular weight is 324 g/mol. The lowest BCUT2D eigenvalue weighted by Crippen LogP contribution is -2.03. The van der Waals surface area contributed by atoms with E-state index in [1.54, 1.807) is 6.26 Å². The van der Waals surface area contributed by atoms with Crippen molar-refractivity contribution in [2.75, 3.05) is 18.2 Å². The highest BCUT2D eigenvalue weighted by molar-refractivity contribution is 7.84. The first-order chi connectivity index (χ1) is 10.1. The van der Waals surface area contributed by atoms with Crippen LogP contribution in [0.4, 0.5) is 5.69 Å². The Hall–Kier alpha value is -1.52. The molecule has 0 aliphatic carbocycles. The molecule has 0 aliphatic rings. The lowest BCUT2D eigenvalue weighted by Gasteiger charge is -2.13. The van der Waals surface area contributed by atoms with Crippen molar-refractivity contribution in [3.05, 3.63) is 53.1 Å². The van der Waals surface area contributed by atoms with Crippen LogP contribution in [0.5, 0.6) is 5.75 Å². The first-order valence-electron chi connectivity index (χ1n) is 6.69. The van der Waals surface area contributed by atoms with Gasteiger partial charge in [-0.1, -0.05) is 29.8 Å². The smallest absolute Gasteiger partial charge is 0.160 e. The van der Waals surface area contributed by atoms with Crippen LogP contribution in [0.25, 0.3) is 0 Å². The topological polar surface area (TPSA) is 38.3 Å². The highest BCUT2D eigenvalue weighted by Crippen LogP contribution is 2.33. The summed E-state index contributed by atoms with van der Waals surface area (Å²) in [7, 11) is -0.944. The van der Waals surface area contributed by atoms with Crippen LogP contribution in [0.1, 0.15) is 12.5 Å². The van der Waals surface area contributed by atoms with E-state index in [1.165, 1.54) is 0 Å². The van der Waals surface area contributed by atoms with Crippen molar-refractivity contribution in [3.63, 3.8) is 0 Å². The molecule has 0 saturated carbocycles. The molecule has 0 amide bonds. The summed E-state index contributed by atoms with van der Waals surface area (Å²) in [5.41, 5.74) is 1.97. The van der Waals surface area contributed by atoms with Gasteiger partial charge >= 0.3 is 0 Å². The van der Waals surface area contributed by atoms with E-state index >= 15 is 0 Å². The van der Waals surface area contributed by atoms with Crippen LogP contribution in [-0.4, -0.2) is 17.1 Å². The molecule has 2 rings (SSSR count). The lowest BCUT2D eigenvalue weighted by atomic mass is 10.2. The second-order valence-corrected chi connectivity index (χ2v) is 6.29. The Morgan fingerprint density at radius 2 is 1.90 bits per heavy atom. The number of anilines is 1. The fourth-order valence-electron chi connectivity index (χ4n) is 1.94. The number of benzene rings is 2. The van der Waals surface area contributed by atoms with Gasteiger partial charge in [0.25, 0.3) is 0 Å². The highest BCUT2D eigenvalue weighted by Gasteiger charge is 2.07. The maximum atomic E-state index is 11.4. The van der Waals surface area contributed by atoms with Crippen molar-refractivity contribution in [3.8, 4) is 5.75 Å². The summed E-state index contributed by atoms with van der Waals surface area (Å²) in [6.07, 6.45) is 1.67. The minimum absolute atomic E-state index is 0.565. The SMILES string of the molecule is CCOc1c(Cl)cccc1NCc1ccc(S(C)=O)cc1. The highest BCUT2D eigenvalue weighted by atomic mass is 35.5. The summed E-state index contributed by atoms with van der Waals surface area (Å²) in [6.45, 7) is 3.14. The quantitative estimate of drug-likeness (QED) is 0.870. The van der Waals surface area contributed by atoms with E-state index in [4.69, 9.17) is 16.3 Å². The summed E-state index contributed by atoms with van der Waals surface area (Å²) in [4.78, 5) is 0.830. The molecule has 2 aromatic rings.